The van der Waals surface area contributed by atoms with E-state index in [1.807, 2.05) is 18.2 Å². The number of hydrogen-bond donors (Lipinski definition) is 2. The third-order valence-electron chi connectivity index (χ3n) is 3.93. The van der Waals surface area contributed by atoms with E-state index in [2.05, 4.69) is 25.6 Å². The molecule has 0 aromatic carbocycles. The van der Waals surface area contributed by atoms with Crippen molar-refractivity contribution in [3.63, 3.8) is 0 Å². The van der Waals surface area contributed by atoms with E-state index in [0.29, 0.717) is 37.8 Å². The van der Waals surface area contributed by atoms with Crippen LogP contribution < -0.4 is 10.6 Å². The molecule has 3 rings (SSSR count). The van der Waals surface area contributed by atoms with E-state index in [1.165, 1.54) is 12.4 Å². The second-order valence-corrected chi connectivity index (χ2v) is 5.66. The quantitative estimate of drug-likeness (QED) is 0.808. The van der Waals surface area contributed by atoms with Gasteiger partial charge in [-0.3, -0.25) is 9.78 Å². The Morgan fingerprint density at radius 3 is 2.88 bits per heavy atom. The van der Waals surface area contributed by atoms with Gasteiger partial charge in [0, 0.05) is 32.2 Å². The molecule has 3 heterocycles. The van der Waals surface area contributed by atoms with Gasteiger partial charge >= 0.3 is 0 Å². The van der Waals surface area contributed by atoms with E-state index in [9.17, 15) is 4.79 Å². The van der Waals surface area contributed by atoms with Crippen molar-refractivity contribution >= 4 is 11.9 Å². The van der Waals surface area contributed by atoms with Crippen LogP contribution in [0.3, 0.4) is 0 Å². The average molecular weight is 343 g/mol. The second-order valence-electron chi connectivity index (χ2n) is 5.66. The zero-order chi connectivity index (χ0) is 17.5. The van der Waals surface area contributed by atoms with Gasteiger partial charge in [-0.05, 0) is 18.6 Å². The summed E-state index contributed by atoms with van der Waals surface area (Å²) in [5.41, 5.74) is 1.25. The van der Waals surface area contributed by atoms with Crippen molar-refractivity contribution in [3.05, 3.63) is 48.0 Å². The molecule has 2 N–H and O–H groups in total. The summed E-state index contributed by atoms with van der Waals surface area (Å²) in [7, 11) is 1.72. The normalized spacial score (nSPS) is 20.0. The first-order valence-electron chi connectivity index (χ1n) is 8.16. The van der Waals surface area contributed by atoms with E-state index in [0.717, 1.165) is 5.69 Å². The fraction of sp³-hybridized carbons (Fsp3) is 0.412. The van der Waals surface area contributed by atoms with E-state index >= 15 is 0 Å². The number of carbonyl (C=O) groups excluding carboxylic acids is 1. The molecule has 1 aliphatic heterocycles. The zero-order valence-electron chi connectivity index (χ0n) is 14.0. The van der Waals surface area contributed by atoms with Crippen LogP contribution in [0.2, 0.25) is 0 Å². The van der Waals surface area contributed by atoms with Gasteiger partial charge in [0.2, 0.25) is 5.95 Å². The van der Waals surface area contributed by atoms with Gasteiger partial charge in [0.15, 0.2) is 0 Å². The summed E-state index contributed by atoms with van der Waals surface area (Å²) < 4.78 is 11.4. The van der Waals surface area contributed by atoms with E-state index in [1.54, 1.807) is 13.2 Å². The number of ether oxygens (including phenoxy) is 2. The van der Waals surface area contributed by atoms with Gasteiger partial charge < -0.3 is 20.1 Å². The van der Waals surface area contributed by atoms with Gasteiger partial charge in [0.05, 0.1) is 30.5 Å². The predicted octanol–water partition coefficient (Wildman–Crippen LogP) is 1.02. The van der Waals surface area contributed by atoms with Gasteiger partial charge in [0.25, 0.3) is 5.91 Å². The van der Waals surface area contributed by atoms with Gasteiger partial charge in [-0.2, -0.15) is 0 Å². The van der Waals surface area contributed by atoms with Crippen LogP contribution >= 0.6 is 0 Å². The molecule has 1 amide bonds. The molecular formula is C17H21N5O3. The maximum Gasteiger partial charge on any atom is 0.254 e. The summed E-state index contributed by atoms with van der Waals surface area (Å²) in [5.74, 6) is 0.250. The molecular weight excluding hydrogens is 322 g/mol. The Morgan fingerprint density at radius 1 is 1.32 bits per heavy atom. The summed E-state index contributed by atoms with van der Waals surface area (Å²) >= 11 is 0. The van der Waals surface area contributed by atoms with Crippen LogP contribution in [0.15, 0.2) is 36.8 Å². The molecule has 2 aromatic heterocycles. The Morgan fingerprint density at radius 2 is 2.16 bits per heavy atom. The Balaban J connectivity index is 1.59. The van der Waals surface area contributed by atoms with Crippen molar-refractivity contribution in [2.75, 3.05) is 25.6 Å². The maximum absolute atomic E-state index is 12.4. The van der Waals surface area contributed by atoms with E-state index in [4.69, 9.17) is 9.47 Å². The first kappa shape index (κ1) is 17.2. The number of carbonyl (C=O) groups is 1. The smallest absolute Gasteiger partial charge is 0.254 e. The first-order valence-corrected chi connectivity index (χ1v) is 8.16. The van der Waals surface area contributed by atoms with Crippen molar-refractivity contribution < 1.29 is 14.3 Å². The third kappa shape index (κ3) is 4.71. The maximum atomic E-state index is 12.4. The molecule has 25 heavy (non-hydrogen) atoms. The largest absolute Gasteiger partial charge is 0.379 e. The lowest BCUT2D eigenvalue weighted by atomic mass is 10.1. The molecule has 2 aromatic rings. The van der Waals surface area contributed by atoms with Crippen LogP contribution in [0.1, 0.15) is 22.5 Å². The molecule has 0 aliphatic carbocycles. The van der Waals surface area contributed by atoms with Crippen molar-refractivity contribution in [2.45, 2.75) is 25.2 Å². The highest BCUT2D eigenvalue weighted by atomic mass is 16.5. The molecule has 1 saturated heterocycles. The van der Waals surface area contributed by atoms with Gasteiger partial charge in [-0.1, -0.05) is 6.07 Å². The van der Waals surface area contributed by atoms with Crippen molar-refractivity contribution in [3.8, 4) is 0 Å². The van der Waals surface area contributed by atoms with Crippen molar-refractivity contribution in [1.82, 2.24) is 20.3 Å². The minimum absolute atomic E-state index is 0.131. The zero-order valence-corrected chi connectivity index (χ0v) is 14.0. The number of anilines is 1. The topological polar surface area (TPSA) is 98.3 Å². The third-order valence-corrected chi connectivity index (χ3v) is 3.93. The number of pyridine rings is 1. The summed E-state index contributed by atoms with van der Waals surface area (Å²) in [6.45, 7) is 1.40. The molecule has 1 fully saturated rings. The molecule has 0 unspecified atom stereocenters. The van der Waals surface area contributed by atoms with Gasteiger partial charge in [0.1, 0.15) is 6.10 Å². The minimum atomic E-state index is -0.225. The summed E-state index contributed by atoms with van der Waals surface area (Å²) in [5, 5.41) is 5.81. The monoisotopic (exact) mass is 343 g/mol. The Bertz CT molecular complexity index is 680. The summed E-state index contributed by atoms with van der Waals surface area (Å²) in [6.07, 6.45) is 5.18. The Labute approximate surface area is 146 Å². The number of nitrogens with zero attached hydrogens (tertiary/aromatic N) is 3. The fourth-order valence-electron chi connectivity index (χ4n) is 2.54. The number of nitrogens with one attached hydrogen (secondary N) is 2. The predicted molar refractivity (Wildman–Crippen MR) is 91.1 cm³/mol. The molecule has 8 heteroatoms. The van der Waals surface area contributed by atoms with Crippen molar-refractivity contribution in [2.24, 2.45) is 0 Å². The molecule has 2 atom stereocenters. The molecule has 0 bridgehead atoms. The molecule has 0 spiro atoms. The molecule has 132 valence electrons. The van der Waals surface area contributed by atoms with E-state index in [-0.39, 0.29) is 18.1 Å². The summed E-state index contributed by atoms with van der Waals surface area (Å²) in [6, 6.07) is 5.54. The lowest BCUT2D eigenvalue weighted by molar-refractivity contribution is -0.0743. The van der Waals surface area contributed by atoms with Crippen LogP contribution in [0, 0.1) is 0 Å². The second kappa shape index (κ2) is 8.50. The fourth-order valence-corrected chi connectivity index (χ4v) is 2.54. The van der Waals surface area contributed by atoms with Crippen molar-refractivity contribution in [1.29, 1.82) is 0 Å². The molecule has 8 nitrogen and oxygen atoms in total. The summed E-state index contributed by atoms with van der Waals surface area (Å²) in [4.78, 5) is 24.8. The molecule has 0 saturated carbocycles. The lowest BCUT2D eigenvalue weighted by Crippen LogP contribution is -2.50. The van der Waals surface area contributed by atoms with Gasteiger partial charge in [-0.25, -0.2) is 9.97 Å². The Hall–Kier alpha value is -2.58. The van der Waals surface area contributed by atoms with Crippen LogP contribution in [0.5, 0.6) is 0 Å². The van der Waals surface area contributed by atoms with E-state index < -0.39 is 0 Å². The minimum Gasteiger partial charge on any atom is -0.379 e. The SMILES string of the molecule is CNc1ncc(C(=O)N[C@@H]2CCOC[C@H]2OCc2ccccn2)cn1. The first-order chi connectivity index (χ1) is 12.3. The van der Waals surface area contributed by atoms with Gasteiger partial charge in [-0.15, -0.1) is 0 Å². The number of hydrogen-bond acceptors (Lipinski definition) is 7. The van der Waals surface area contributed by atoms with Crippen LogP contribution in [0.4, 0.5) is 5.95 Å². The van der Waals surface area contributed by atoms with Crippen LogP contribution in [-0.4, -0.2) is 53.3 Å². The number of rotatable bonds is 6. The standard InChI is InChI=1S/C17H21N5O3/c1-18-17-20-8-12(9-21-17)16(23)22-14-5-7-24-11-15(14)25-10-13-4-2-3-6-19-13/h2-4,6,8-9,14-15H,5,7,10-11H2,1H3,(H,22,23)(H,18,20,21)/t14-,15-/m1/s1. The average Bonchev–Trinajstić information content (AvgIpc) is 2.68. The number of aromatic nitrogens is 3. The Kier molecular flexibility index (Phi) is 5.86. The highest BCUT2D eigenvalue weighted by molar-refractivity contribution is 5.93. The molecule has 0 radical (unpaired) electrons. The molecule has 1 aliphatic rings. The number of amides is 1. The highest BCUT2D eigenvalue weighted by Gasteiger charge is 2.28. The highest BCUT2D eigenvalue weighted by Crippen LogP contribution is 2.14. The van der Waals surface area contributed by atoms with Crippen LogP contribution in [0.25, 0.3) is 0 Å². The lowest BCUT2D eigenvalue weighted by Gasteiger charge is -2.32. The van der Waals surface area contributed by atoms with Crippen LogP contribution in [-0.2, 0) is 16.1 Å².